The normalized spacial score (nSPS) is 12.4. The smallest absolute Gasteiger partial charge is 0.130 e. The maximum absolute atomic E-state index is 9.12. The summed E-state index contributed by atoms with van der Waals surface area (Å²) in [6.45, 7) is 6.53. The van der Waals surface area contributed by atoms with Gasteiger partial charge in [-0.2, -0.15) is 0 Å². The van der Waals surface area contributed by atoms with Crippen molar-refractivity contribution in [3.8, 4) is 11.5 Å². The minimum absolute atomic E-state index is 0. The van der Waals surface area contributed by atoms with Gasteiger partial charge in [0.2, 0.25) is 0 Å². The van der Waals surface area contributed by atoms with E-state index >= 15 is 0 Å². The van der Waals surface area contributed by atoms with Crippen LogP contribution in [0.1, 0.15) is 31.9 Å². The summed E-state index contributed by atoms with van der Waals surface area (Å²) in [4.78, 5) is 0. The molecule has 2 aromatic rings. The number of aliphatic hydroxyl groups excluding tert-OH is 1. The summed E-state index contributed by atoms with van der Waals surface area (Å²) in [6, 6.07) is 15.7. The Morgan fingerprint density at radius 3 is 2.22 bits per heavy atom. The number of hydrogen-bond donors (Lipinski definition) is 2. The molecule has 1 atom stereocenters. The fraction of sp³-hybridized carbons (Fsp3) is 0.368. The van der Waals surface area contributed by atoms with Crippen molar-refractivity contribution in [2.75, 3.05) is 6.61 Å². The summed E-state index contributed by atoms with van der Waals surface area (Å²) < 4.78 is 5.99. The summed E-state index contributed by atoms with van der Waals surface area (Å²) in [6.07, 6.45) is 0.590. The predicted molar refractivity (Wildman–Crippen MR) is 97.7 cm³/mol. The van der Waals surface area contributed by atoms with E-state index in [4.69, 9.17) is 15.6 Å². The number of benzene rings is 2. The van der Waals surface area contributed by atoms with Crippen LogP contribution in [-0.2, 0) is 11.8 Å². The van der Waals surface area contributed by atoms with E-state index in [-0.39, 0.29) is 30.5 Å². The van der Waals surface area contributed by atoms with Gasteiger partial charge in [-0.1, -0.05) is 51.1 Å². The molecule has 0 fully saturated rings. The first-order valence-corrected chi connectivity index (χ1v) is 7.63. The third kappa shape index (κ3) is 5.54. The van der Waals surface area contributed by atoms with Gasteiger partial charge in [0.05, 0.1) is 6.61 Å². The van der Waals surface area contributed by atoms with Crippen molar-refractivity contribution in [3.05, 3.63) is 59.7 Å². The molecule has 3 N–H and O–H groups in total. The van der Waals surface area contributed by atoms with E-state index in [2.05, 4.69) is 32.9 Å². The maximum Gasteiger partial charge on any atom is 0.130 e. The third-order valence-corrected chi connectivity index (χ3v) is 3.64. The number of aliphatic hydroxyl groups is 1. The van der Waals surface area contributed by atoms with E-state index in [9.17, 15) is 0 Å². The highest BCUT2D eigenvalue weighted by molar-refractivity contribution is 5.85. The van der Waals surface area contributed by atoms with Gasteiger partial charge in [-0.15, -0.1) is 12.4 Å². The average molecular weight is 336 g/mol. The molecule has 0 amide bonds. The van der Waals surface area contributed by atoms with E-state index in [1.165, 1.54) is 5.56 Å². The van der Waals surface area contributed by atoms with E-state index < -0.39 is 0 Å². The lowest BCUT2D eigenvalue weighted by molar-refractivity contribution is 0.264. The first-order chi connectivity index (χ1) is 10.4. The Hall–Kier alpha value is -1.55. The summed E-state index contributed by atoms with van der Waals surface area (Å²) in [7, 11) is 0. The highest BCUT2D eigenvalue weighted by Gasteiger charge is 2.13. The maximum atomic E-state index is 9.12. The van der Waals surface area contributed by atoms with Crippen molar-refractivity contribution in [1.29, 1.82) is 0 Å². The molecule has 1 unspecified atom stereocenters. The Kier molecular flexibility index (Phi) is 7.07. The minimum Gasteiger partial charge on any atom is -0.457 e. The summed E-state index contributed by atoms with van der Waals surface area (Å²) in [5, 5.41) is 9.12. The molecule has 0 aliphatic heterocycles. The number of halogens is 1. The van der Waals surface area contributed by atoms with Crippen molar-refractivity contribution in [1.82, 2.24) is 0 Å². The van der Waals surface area contributed by atoms with Crippen LogP contribution in [-0.4, -0.2) is 17.8 Å². The molecule has 0 bridgehead atoms. The molecule has 0 spiro atoms. The monoisotopic (exact) mass is 335 g/mol. The van der Waals surface area contributed by atoms with Gasteiger partial charge in [0, 0.05) is 6.04 Å². The standard InChI is InChI=1S/C19H25NO2.ClH/c1-19(2,3)15-8-10-17(11-9-15)22-18-7-5-4-6-14(18)12-16(20)13-21;/h4-11,16,21H,12-13,20H2,1-3H3;1H. The number of hydrogen-bond acceptors (Lipinski definition) is 3. The van der Waals surface area contributed by atoms with Crippen molar-refractivity contribution in [2.45, 2.75) is 38.6 Å². The predicted octanol–water partition coefficient (Wildman–Crippen LogP) is 4.06. The molecular formula is C19H26ClNO2. The lowest BCUT2D eigenvalue weighted by atomic mass is 9.87. The van der Waals surface area contributed by atoms with E-state index in [0.717, 1.165) is 17.1 Å². The first-order valence-electron chi connectivity index (χ1n) is 7.63. The van der Waals surface area contributed by atoms with E-state index in [1.54, 1.807) is 0 Å². The van der Waals surface area contributed by atoms with Crippen LogP contribution in [0.2, 0.25) is 0 Å². The van der Waals surface area contributed by atoms with Crippen LogP contribution in [0.4, 0.5) is 0 Å². The number of ether oxygens (including phenoxy) is 1. The van der Waals surface area contributed by atoms with Crippen LogP contribution in [0.15, 0.2) is 48.5 Å². The summed E-state index contributed by atoms with van der Waals surface area (Å²) in [5.74, 6) is 1.59. The van der Waals surface area contributed by atoms with Crippen LogP contribution in [0.3, 0.4) is 0 Å². The fourth-order valence-electron chi connectivity index (χ4n) is 2.27. The molecule has 0 aliphatic carbocycles. The lowest BCUT2D eigenvalue weighted by Crippen LogP contribution is -2.26. The molecule has 23 heavy (non-hydrogen) atoms. The average Bonchev–Trinajstić information content (AvgIpc) is 2.49. The molecule has 2 aromatic carbocycles. The molecule has 0 aliphatic rings. The van der Waals surface area contributed by atoms with Crippen LogP contribution >= 0.6 is 12.4 Å². The zero-order chi connectivity index (χ0) is 16.2. The molecule has 0 radical (unpaired) electrons. The molecule has 0 aromatic heterocycles. The Morgan fingerprint density at radius 1 is 1.04 bits per heavy atom. The first kappa shape index (κ1) is 19.5. The van der Waals surface area contributed by atoms with Gasteiger partial charge in [0.1, 0.15) is 11.5 Å². The topological polar surface area (TPSA) is 55.5 Å². The van der Waals surface area contributed by atoms with Gasteiger partial charge < -0.3 is 15.6 Å². The molecule has 126 valence electrons. The van der Waals surface area contributed by atoms with Crippen molar-refractivity contribution in [3.63, 3.8) is 0 Å². The number of nitrogens with two attached hydrogens (primary N) is 1. The molecule has 0 heterocycles. The molecular weight excluding hydrogens is 310 g/mol. The Bertz CT molecular complexity index is 606. The molecule has 0 saturated heterocycles. The zero-order valence-electron chi connectivity index (χ0n) is 14.0. The second-order valence-electron chi connectivity index (χ2n) is 6.63. The quantitative estimate of drug-likeness (QED) is 0.866. The van der Waals surface area contributed by atoms with Crippen LogP contribution < -0.4 is 10.5 Å². The Balaban J connectivity index is 0.00000264. The molecule has 0 saturated carbocycles. The number of para-hydroxylation sites is 1. The summed E-state index contributed by atoms with van der Waals surface area (Å²) >= 11 is 0. The minimum atomic E-state index is -0.270. The van der Waals surface area contributed by atoms with E-state index in [0.29, 0.717) is 6.42 Å². The van der Waals surface area contributed by atoms with Crippen molar-refractivity contribution < 1.29 is 9.84 Å². The van der Waals surface area contributed by atoms with Crippen LogP contribution in [0.25, 0.3) is 0 Å². The van der Waals surface area contributed by atoms with Crippen LogP contribution in [0, 0.1) is 0 Å². The van der Waals surface area contributed by atoms with E-state index in [1.807, 2.05) is 36.4 Å². The van der Waals surface area contributed by atoms with Gasteiger partial charge in [-0.3, -0.25) is 0 Å². The number of rotatable bonds is 5. The summed E-state index contributed by atoms with van der Waals surface area (Å²) in [5.41, 5.74) is 8.24. The second-order valence-corrected chi connectivity index (χ2v) is 6.63. The van der Waals surface area contributed by atoms with Gasteiger partial charge in [0.15, 0.2) is 0 Å². The highest BCUT2D eigenvalue weighted by atomic mass is 35.5. The van der Waals surface area contributed by atoms with Crippen LogP contribution in [0.5, 0.6) is 11.5 Å². The Morgan fingerprint density at radius 2 is 1.65 bits per heavy atom. The SMILES string of the molecule is CC(C)(C)c1ccc(Oc2ccccc2CC(N)CO)cc1.Cl. The molecule has 2 rings (SSSR count). The zero-order valence-corrected chi connectivity index (χ0v) is 14.8. The van der Waals surface area contributed by atoms with Gasteiger partial charge in [-0.05, 0) is 41.2 Å². The lowest BCUT2D eigenvalue weighted by Gasteiger charge is -2.19. The van der Waals surface area contributed by atoms with Crippen molar-refractivity contribution in [2.24, 2.45) is 5.73 Å². The van der Waals surface area contributed by atoms with Gasteiger partial charge in [0.25, 0.3) is 0 Å². The molecule has 4 heteroatoms. The highest BCUT2D eigenvalue weighted by Crippen LogP contribution is 2.29. The largest absolute Gasteiger partial charge is 0.457 e. The second kappa shape index (κ2) is 8.34. The Labute approximate surface area is 144 Å². The van der Waals surface area contributed by atoms with Gasteiger partial charge >= 0.3 is 0 Å². The fourth-order valence-corrected chi connectivity index (χ4v) is 2.27. The van der Waals surface area contributed by atoms with Gasteiger partial charge in [-0.25, -0.2) is 0 Å². The van der Waals surface area contributed by atoms with Crippen molar-refractivity contribution >= 4 is 12.4 Å². The third-order valence-electron chi connectivity index (χ3n) is 3.64. The molecule has 3 nitrogen and oxygen atoms in total.